The van der Waals surface area contributed by atoms with Gasteiger partial charge >= 0.3 is 5.97 Å². The molecule has 0 unspecified atom stereocenters. The van der Waals surface area contributed by atoms with Gasteiger partial charge in [-0.2, -0.15) is 0 Å². The highest BCUT2D eigenvalue weighted by Gasteiger charge is 2.20. The summed E-state index contributed by atoms with van der Waals surface area (Å²) in [5, 5.41) is 2.48. The summed E-state index contributed by atoms with van der Waals surface area (Å²) in [6.45, 7) is 7.64. The SMILES string of the molecule is CCCc1cc(OCC(=O)OC(C)(C)C)c(SC)c2[nH]c3ccccc3c12. The van der Waals surface area contributed by atoms with Crippen LogP contribution in [0, 0.1) is 0 Å². The molecule has 5 heteroatoms. The Kier molecular flexibility index (Phi) is 5.70. The third kappa shape index (κ3) is 4.24. The first-order valence-electron chi connectivity index (χ1n) is 9.29. The van der Waals surface area contributed by atoms with Crippen molar-refractivity contribution in [3.05, 3.63) is 35.9 Å². The zero-order valence-corrected chi connectivity index (χ0v) is 17.5. The maximum atomic E-state index is 12.1. The van der Waals surface area contributed by atoms with Crippen molar-refractivity contribution >= 4 is 39.5 Å². The summed E-state index contributed by atoms with van der Waals surface area (Å²) < 4.78 is 11.3. The smallest absolute Gasteiger partial charge is 0.344 e. The van der Waals surface area contributed by atoms with E-state index in [1.54, 1.807) is 11.8 Å². The highest BCUT2D eigenvalue weighted by molar-refractivity contribution is 7.99. The van der Waals surface area contributed by atoms with Crippen molar-refractivity contribution in [2.24, 2.45) is 0 Å². The second-order valence-corrected chi connectivity index (χ2v) is 8.43. The van der Waals surface area contributed by atoms with Gasteiger partial charge in [0.1, 0.15) is 11.4 Å². The molecule has 1 aromatic heterocycles. The number of aryl methyl sites for hydroxylation is 1. The number of thioether (sulfide) groups is 1. The number of carbonyl (C=O) groups excluding carboxylic acids is 1. The van der Waals surface area contributed by atoms with E-state index in [1.165, 1.54) is 16.3 Å². The summed E-state index contributed by atoms with van der Waals surface area (Å²) in [4.78, 5) is 16.6. The number of benzene rings is 2. The van der Waals surface area contributed by atoms with Gasteiger partial charge in [0, 0.05) is 16.3 Å². The Morgan fingerprint density at radius 2 is 1.96 bits per heavy atom. The lowest BCUT2D eigenvalue weighted by atomic mass is 10.0. The van der Waals surface area contributed by atoms with Crippen LogP contribution in [0.3, 0.4) is 0 Å². The van der Waals surface area contributed by atoms with E-state index in [1.807, 2.05) is 33.1 Å². The molecule has 0 aliphatic rings. The maximum absolute atomic E-state index is 12.1. The lowest BCUT2D eigenvalue weighted by Gasteiger charge is -2.20. The first-order chi connectivity index (χ1) is 12.8. The van der Waals surface area contributed by atoms with E-state index in [-0.39, 0.29) is 12.6 Å². The van der Waals surface area contributed by atoms with Crippen molar-refractivity contribution < 1.29 is 14.3 Å². The van der Waals surface area contributed by atoms with Crippen molar-refractivity contribution in [2.75, 3.05) is 12.9 Å². The van der Waals surface area contributed by atoms with Crippen molar-refractivity contribution in [2.45, 2.75) is 51.0 Å². The molecule has 2 aromatic carbocycles. The summed E-state index contributed by atoms with van der Waals surface area (Å²) >= 11 is 1.62. The molecule has 0 saturated heterocycles. The Morgan fingerprint density at radius 1 is 1.22 bits per heavy atom. The molecule has 0 atom stereocenters. The van der Waals surface area contributed by atoms with Gasteiger partial charge in [0.25, 0.3) is 0 Å². The molecule has 27 heavy (non-hydrogen) atoms. The molecule has 0 bridgehead atoms. The number of nitrogens with one attached hydrogen (secondary N) is 1. The van der Waals surface area contributed by atoms with Crippen LogP contribution in [0.15, 0.2) is 35.2 Å². The topological polar surface area (TPSA) is 51.3 Å². The van der Waals surface area contributed by atoms with Gasteiger partial charge in [-0.25, -0.2) is 4.79 Å². The number of rotatable bonds is 6. The van der Waals surface area contributed by atoms with Crippen LogP contribution in [0.5, 0.6) is 5.75 Å². The van der Waals surface area contributed by atoms with Gasteiger partial charge in [-0.1, -0.05) is 31.5 Å². The molecule has 0 spiro atoms. The Balaban J connectivity index is 2.05. The number of fused-ring (bicyclic) bond motifs is 3. The number of esters is 1. The van der Waals surface area contributed by atoms with Gasteiger partial charge in [0.15, 0.2) is 6.61 Å². The maximum Gasteiger partial charge on any atom is 0.344 e. The van der Waals surface area contributed by atoms with Gasteiger partial charge in [-0.05, 0) is 51.1 Å². The minimum atomic E-state index is -0.517. The average molecular weight is 386 g/mol. The highest BCUT2D eigenvalue weighted by atomic mass is 32.2. The predicted octanol–water partition coefficient (Wildman–Crippen LogP) is 5.72. The van der Waals surface area contributed by atoms with Crippen molar-refractivity contribution in [3.63, 3.8) is 0 Å². The van der Waals surface area contributed by atoms with Crippen LogP contribution >= 0.6 is 11.8 Å². The van der Waals surface area contributed by atoms with Gasteiger partial charge < -0.3 is 14.5 Å². The summed E-state index contributed by atoms with van der Waals surface area (Å²) in [5.41, 5.74) is 2.91. The van der Waals surface area contributed by atoms with Crippen LogP contribution in [0.4, 0.5) is 0 Å². The molecule has 0 fully saturated rings. The normalized spacial score (nSPS) is 11.9. The highest BCUT2D eigenvalue weighted by Crippen LogP contribution is 2.41. The Morgan fingerprint density at radius 3 is 2.63 bits per heavy atom. The molecule has 0 amide bonds. The largest absolute Gasteiger partial charge is 0.481 e. The molecule has 3 aromatic rings. The molecule has 0 saturated carbocycles. The van der Waals surface area contributed by atoms with E-state index in [0.717, 1.165) is 34.5 Å². The number of ether oxygens (including phenoxy) is 2. The fourth-order valence-corrected chi connectivity index (χ4v) is 4.03. The van der Waals surface area contributed by atoms with Gasteiger partial charge in [-0.3, -0.25) is 0 Å². The van der Waals surface area contributed by atoms with Gasteiger partial charge in [-0.15, -0.1) is 11.8 Å². The number of aromatic amines is 1. The number of hydrogen-bond acceptors (Lipinski definition) is 4. The van der Waals surface area contributed by atoms with E-state index < -0.39 is 5.60 Å². The standard InChI is InChI=1S/C22H27NO3S/c1-6-9-14-12-17(25-13-18(24)26-22(2,3)4)21(27-5)20-19(14)15-10-7-8-11-16(15)23-20/h7-8,10-12,23H,6,9,13H2,1-5H3. The minimum Gasteiger partial charge on any atom is -0.481 e. The number of H-pyrrole nitrogens is 1. The van der Waals surface area contributed by atoms with E-state index >= 15 is 0 Å². The third-order valence-corrected chi connectivity index (χ3v) is 5.09. The van der Waals surface area contributed by atoms with Crippen molar-refractivity contribution in [1.82, 2.24) is 4.98 Å². The van der Waals surface area contributed by atoms with Crippen LogP contribution < -0.4 is 4.74 Å². The van der Waals surface area contributed by atoms with Crippen molar-refractivity contribution in [1.29, 1.82) is 0 Å². The fourth-order valence-electron chi connectivity index (χ4n) is 3.35. The van der Waals surface area contributed by atoms with E-state index in [4.69, 9.17) is 9.47 Å². The summed E-state index contributed by atoms with van der Waals surface area (Å²) in [5.74, 6) is 0.374. The fraction of sp³-hybridized carbons (Fsp3) is 0.409. The monoisotopic (exact) mass is 385 g/mol. The van der Waals surface area contributed by atoms with Crippen LogP contribution in [0.2, 0.25) is 0 Å². The van der Waals surface area contributed by atoms with Gasteiger partial charge in [0.05, 0.1) is 10.4 Å². The second-order valence-electron chi connectivity index (χ2n) is 7.61. The summed E-state index contributed by atoms with van der Waals surface area (Å²) in [7, 11) is 0. The van der Waals surface area contributed by atoms with Crippen LogP contribution in [-0.4, -0.2) is 29.4 Å². The first-order valence-corrected chi connectivity index (χ1v) is 10.5. The molecule has 4 nitrogen and oxygen atoms in total. The molecule has 1 N–H and O–H groups in total. The summed E-state index contributed by atoms with van der Waals surface area (Å²) in [6, 6.07) is 10.4. The quantitative estimate of drug-likeness (QED) is 0.436. The molecule has 0 aliphatic heterocycles. The zero-order chi connectivity index (χ0) is 19.6. The average Bonchev–Trinajstić information content (AvgIpc) is 2.98. The van der Waals surface area contributed by atoms with E-state index in [9.17, 15) is 4.79 Å². The zero-order valence-electron chi connectivity index (χ0n) is 16.6. The second kappa shape index (κ2) is 7.85. The molecule has 144 valence electrons. The first kappa shape index (κ1) is 19.6. The van der Waals surface area contributed by atoms with E-state index in [2.05, 4.69) is 36.2 Å². The Bertz CT molecular complexity index is 969. The number of carbonyl (C=O) groups is 1. The van der Waals surface area contributed by atoms with Crippen LogP contribution in [0.1, 0.15) is 39.7 Å². The number of hydrogen-bond donors (Lipinski definition) is 1. The molecule has 0 radical (unpaired) electrons. The Labute approximate surface area is 164 Å². The van der Waals surface area contributed by atoms with Crippen LogP contribution in [-0.2, 0) is 16.0 Å². The lowest BCUT2D eigenvalue weighted by Crippen LogP contribution is -2.27. The molecule has 1 heterocycles. The predicted molar refractivity (Wildman–Crippen MR) is 113 cm³/mol. The lowest BCUT2D eigenvalue weighted by molar-refractivity contribution is -0.157. The number of para-hydroxylation sites is 1. The Hall–Kier alpha value is -2.14. The van der Waals surface area contributed by atoms with Crippen LogP contribution in [0.25, 0.3) is 21.8 Å². The molecular formula is C22H27NO3S. The van der Waals surface area contributed by atoms with Crippen molar-refractivity contribution in [3.8, 4) is 5.75 Å². The van der Waals surface area contributed by atoms with Gasteiger partial charge in [0.2, 0.25) is 0 Å². The van der Waals surface area contributed by atoms with E-state index in [0.29, 0.717) is 0 Å². The molecule has 3 rings (SSSR count). The molecule has 0 aliphatic carbocycles. The molecular weight excluding hydrogens is 358 g/mol. The summed E-state index contributed by atoms with van der Waals surface area (Å²) in [6.07, 6.45) is 4.02. The number of aromatic nitrogens is 1. The minimum absolute atomic E-state index is 0.0951. The third-order valence-electron chi connectivity index (χ3n) is 4.27.